The molecule has 1 heterocycles. The summed E-state index contributed by atoms with van der Waals surface area (Å²) in [5, 5.41) is 3.89. The van der Waals surface area contributed by atoms with Crippen molar-refractivity contribution in [1.29, 1.82) is 0 Å². The van der Waals surface area contributed by atoms with Crippen molar-refractivity contribution in [3.63, 3.8) is 0 Å². The van der Waals surface area contributed by atoms with Crippen LogP contribution in [0.2, 0.25) is 0 Å². The Morgan fingerprint density at radius 3 is 2.55 bits per heavy atom. The van der Waals surface area contributed by atoms with Gasteiger partial charge >= 0.3 is 0 Å². The zero-order valence-electron chi connectivity index (χ0n) is 13.7. The zero-order valence-corrected chi connectivity index (χ0v) is 14.6. The van der Waals surface area contributed by atoms with Gasteiger partial charge in [-0.05, 0) is 37.9 Å². The van der Waals surface area contributed by atoms with E-state index in [0.29, 0.717) is 0 Å². The van der Waals surface area contributed by atoms with Crippen LogP contribution in [0.3, 0.4) is 0 Å². The molecule has 1 saturated carbocycles. The summed E-state index contributed by atoms with van der Waals surface area (Å²) in [6, 6.07) is 2.30. The number of thioether (sulfide) groups is 1. The number of nitrogens with zero attached hydrogens (tertiary/aromatic N) is 1. The number of piperazine rings is 1. The van der Waals surface area contributed by atoms with Crippen LogP contribution in [-0.4, -0.2) is 48.1 Å². The van der Waals surface area contributed by atoms with Gasteiger partial charge in [-0.1, -0.05) is 33.1 Å². The van der Waals surface area contributed by atoms with Crippen molar-refractivity contribution in [2.75, 3.05) is 25.1 Å². The SMILES string of the molecule is CCC1CNC(C2CCCCC2)CN1C(CC)CSC. The average Bonchev–Trinajstić information content (AvgIpc) is 2.53. The number of hydrogen-bond acceptors (Lipinski definition) is 3. The van der Waals surface area contributed by atoms with Gasteiger partial charge < -0.3 is 5.32 Å². The summed E-state index contributed by atoms with van der Waals surface area (Å²) in [6.07, 6.45) is 12.1. The smallest absolute Gasteiger partial charge is 0.0224 e. The van der Waals surface area contributed by atoms with Gasteiger partial charge in [0.25, 0.3) is 0 Å². The molecule has 3 atom stereocenters. The second kappa shape index (κ2) is 8.65. The van der Waals surface area contributed by atoms with Gasteiger partial charge in [0.15, 0.2) is 0 Å². The molecule has 118 valence electrons. The minimum atomic E-state index is 0.756. The quantitative estimate of drug-likeness (QED) is 0.804. The van der Waals surface area contributed by atoms with Crippen molar-refractivity contribution in [3.8, 4) is 0 Å². The Labute approximate surface area is 130 Å². The second-order valence-electron chi connectivity index (χ2n) is 6.69. The monoisotopic (exact) mass is 298 g/mol. The van der Waals surface area contributed by atoms with Crippen LogP contribution >= 0.6 is 11.8 Å². The standard InChI is InChI=1S/C17H34N2S/c1-4-15-11-18-17(14-9-7-6-8-10-14)12-19(15)16(5-2)13-20-3/h14-18H,4-13H2,1-3H3. The molecule has 0 aromatic heterocycles. The van der Waals surface area contributed by atoms with Crippen LogP contribution < -0.4 is 5.32 Å². The van der Waals surface area contributed by atoms with E-state index in [9.17, 15) is 0 Å². The predicted octanol–water partition coefficient (Wildman–Crippen LogP) is 3.76. The number of hydrogen-bond donors (Lipinski definition) is 1. The molecule has 2 aliphatic rings. The van der Waals surface area contributed by atoms with Gasteiger partial charge in [-0.15, -0.1) is 0 Å². The Morgan fingerprint density at radius 1 is 1.20 bits per heavy atom. The largest absolute Gasteiger partial charge is 0.311 e. The fourth-order valence-corrected chi connectivity index (χ4v) is 4.98. The highest BCUT2D eigenvalue weighted by atomic mass is 32.2. The van der Waals surface area contributed by atoms with Crippen LogP contribution in [0.5, 0.6) is 0 Å². The first kappa shape index (κ1) is 16.6. The van der Waals surface area contributed by atoms with E-state index in [2.05, 4.69) is 30.3 Å². The maximum Gasteiger partial charge on any atom is 0.0224 e. The lowest BCUT2D eigenvalue weighted by Gasteiger charge is -2.47. The van der Waals surface area contributed by atoms with E-state index in [1.165, 1.54) is 63.8 Å². The first-order valence-corrected chi connectivity index (χ1v) is 10.2. The molecule has 0 aromatic carbocycles. The van der Waals surface area contributed by atoms with E-state index >= 15 is 0 Å². The lowest BCUT2D eigenvalue weighted by atomic mass is 9.82. The van der Waals surface area contributed by atoms with Crippen molar-refractivity contribution in [1.82, 2.24) is 10.2 Å². The summed E-state index contributed by atoms with van der Waals surface area (Å²) in [6.45, 7) is 7.22. The number of rotatable bonds is 6. The highest BCUT2D eigenvalue weighted by Crippen LogP contribution is 2.30. The minimum Gasteiger partial charge on any atom is -0.311 e. The molecular formula is C17H34N2S. The topological polar surface area (TPSA) is 15.3 Å². The van der Waals surface area contributed by atoms with Crippen LogP contribution in [0.1, 0.15) is 58.8 Å². The Bertz CT molecular complexity index is 266. The van der Waals surface area contributed by atoms with Crippen molar-refractivity contribution in [2.24, 2.45) is 5.92 Å². The van der Waals surface area contributed by atoms with Crippen molar-refractivity contribution >= 4 is 11.8 Å². The summed E-state index contributed by atoms with van der Waals surface area (Å²) in [7, 11) is 0. The van der Waals surface area contributed by atoms with Gasteiger partial charge in [0, 0.05) is 37.0 Å². The molecule has 0 aromatic rings. The Hall–Kier alpha value is 0.270. The molecule has 3 unspecified atom stereocenters. The van der Waals surface area contributed by atoms with Crippen LogP contribution in [0.4, 0.5) is 0 Å². The lowest BCUT2D eigenvalue weighted by molar-refractivity contribution is 0.0622. The summed E-state index contributed by atoms with van der Waals surface area (Å²) in [5.41, 5.74) is 0. The van der Waals surface area contributed by atoms with Crippen LogP contribution in [-0.2, 0) is 0 Å². The van der Waals surface area contributed by atoms with Crippen LogP contribution in [0.25, 0.3) is 0 Å². The normalized spacial score (nSPS) is 31.4. The van der Waals surface area contributed by atoms with Gasteiger partial charge in [-0.3, -0.25) is 4.90 Å². The van der Waals surface area contributed by atoms with Crippen molar-refractivity contribution in [2.45, 2.75) is 76.9 Å². The maximum absolute atomic E-state index is 3.89. The molecule has 20 heavy (non-hydrogen) atoms. The highest BCUT2D eigenvalue weighted by molar-refractivity contribution is 7.98. The van der Waals surface area contributed by atoms with Crippen LogP contribution in [0, 0.1) is 5.92 Å². The molecule has 2 rings (SSSR count). The summed E-state index contributed by atoms with van der Waals surface area (Å²) in [4.78, 5) is 2.85. The summed E-state index contributed by atoms with van der Waals surface area (Å²) >= 11 is 2.02. The third-order valence-corrected chi connectivity index (χ3v) is 6.20. The van der Waals surface area contributed by atoms with Gasteiger partial charge in [0.05, 0.1) is 0 Å². The molecule has 2 nitrogen and oxygen atoms in total. The fourth-order valence-electron chi connectivity index (χ4n) is 4.16. The van der Waals surface area contributed by atoms with Crippen molar-refractivity contribution < 1.29 is 0 Å². The average molecular weight is 299 g/mol. The minimum absolute atomic E-state index is 0.756. The molecule has 1 saturated heterocycles. The summed E-state index contributed by atoms with van der Waals surface area (Å²) < 4.78 is 0. The van der Waals surface area contributed by atoms with E-state index in [1.54, 1.807) is 0 Å². The van der Waals surface area contributed by atoms with Gasteiger partial charge in [-0.25, -0.2) is 0 Å². The summed E-state index contributed by atoms with van der Waals surface area (Å²) in [5.74, 6) is 2.24. The van der Waals surface area contributed by atoms with Crippen molar-refractivity contribution in [3.05, 3.63) is 0 Å². The zero-order chi connectivity index (χ0) is 14.4. The fraction of sp³-hybridized carbons (Fsp3) is 1.00. The lowest BCUT2D eigenvalue weighted by Crippen LogP contribution is -2.61. The van der Waals surface area contributed by atoms with Crippen LogP contribution in [0.15, 0.2) is 0 Å². The highest BCUT2D eigenvalue weighted by Gasteiger charge is 2.34. The predicted molar refractivity (Wildman–Crippen MR) is 91.6 cm³/mol. The molecule has 0 radical (unpaired) electrons. The maximum atomic E-state index is 3.89. The third kappa shape index (κ3) is 4.14. The van der Waals surface area contributed by atoms with Gasteiger partial charge in [0.2, 0.25) is 0 Å². The van der Waals surface area contributed by atoms with E-state index in [0.717, 1.165) is 24.0 Å². The molecule has 0 spiro atoms. The molecule has 1 N–H and O–H groups in total. The van der Waals surface area contributed by atoms with E-state index in [4.69, 9.17) is 0 Å². The first-order valence-electron chi connectivity index (χ1n) is 8.78. The van der Waals surface area contributed by atoms with Gasteiger partial charge in [0.1, 0.15) is 0 Å². The molecular weight excluding hydrogens is 264 g/mol. The molecule has 1 aliphatic heterocycles. The second-order valence-corrected chi connectivity index (χ2v) is 7.60. The molecule has 2 fully saturated rings. The Morgan fingerprint density at radius 2 is 1.95 bits per heavy atom. The molecule has 0 amide bonds. The molecule has 0 bridgehead atoms. The van der Waals surface area contributed by atoms with E-state index < -0.39 is 0 Å². The Kier molecular flexibility index (Phi) is 7.20. The van der Waals surface area contributed by atoms with E-state index in [-0.39, 0.29) is 0 Å². The Balaban J connectivity index is 1.98. The number of nitrogens with one attached hydrogen (secondary N) is 1. The first-order chi connectivity index (χ1) is 9.80. The third-order valence-electron chi connectivity index (χ3n) is 5.48. The van der Waals surface area contributed by atoms with Gasteiger partial charge in [-0.2, -0.15) is 11.8 Å². The van der Waals surface area contributed by atoms with E-state index in [1.807, 2.05) is 11.8 Å². The molecule has 3 heteroatoms. The molecule has 1 aliphatic carbocycles.